The summed E-state index contributed by atoms with van der Waals surface area (Å²) in [6.07, 6.45) is -0.122. The Morgan fingerprint density at radius 3 is 2.80 bits per heavy atom. The molecule has 1 aliphatic heterocycles. The lowest BCUT2D eigenvalue weighted by atomic mass is 9.97. The average molecular weight is 414 g/mol. The fourth-order valence-electron chi connectivity index (χ4n) is 5.21. The van der Waals surface area contributed by atoms with Gasteiger partial charge in [-0.15, -0.1) is 0 Å². The van der Waals surface area contributed by atoms with Crippen LogP contribution in [0.25, 0.3) is 10.9 Å². The van der Waals surface area contributed by atoms with Crippen molar-refractivity contribution in [2.24, 2.45) is 11.8 Å². The summed E-state index contributed by atoms with van der Waals surface area (Å²) in [5.74, 6) is 1.38. The van der Waals surface area contributed by atoms with Crippen molar-refractivity contribution in [3.8, 4) is 0 Å². The molecule has 0 spiro atoms. The topological polar surface area (TPSA) is 44.0 Å². The summed E-state index contributed by atoms with van der Waals surface area (Å²) in [6.45, 7) is 4.43. The van der Waals surface area contributed by atoms with E-state index in [0.717, 1.165) is 38.5 Å². The molecule has 2 N–H and O–H groups in total. The molecule has 1 saturated heterocycles. The smallest absolute Gasteiger partial charge is 0.361 e. The zero-order valence-electron chi connectivity index (χ0n) is 16.8. The molecule has 30 heavy (non-hydrogen) atoms. The second-order valence-electron chi connectivity index (χ2n) is 8.58. The number of rotatable bonds is 4. The largest absolute Gasteiger partial charge is 0.433 e. The quantitative estimate of drug-likeness (QED) is 0.639. The number of aromatic nitrogens is 2. The molecule has 0 amide bonds. The fourth-order valence-corrected chi connectivity index (χ4v) is 5.21. The normalized spacial score (nSPS) is 24.0. The number of anilines is 1. The van der Waals surface area contributed by atoms with Gasteiger partial charge in [0.1, 0.15) is 11.5 Å². The van der Waals surface area contributed by atoms with E-state index < -0.39 is 11.9 Å². The van der Waals surface area contributed by atoms with Crippen molar-refractivity contribution in [1.82, 2.24) is 15.3 Å². The molecule has 2 fully saturated rings. The van der Waals surface area contributed by atoms with E-state index >= 15 is 0 Å². The van der Waals surface area contributed by atoms with Gasteiger partial charge in [0.15, 0.2) is 0 Å². The van der Waals surface area contributed by atoms with Crippen LogP contribution >= 0.6 is 0 Å². The van der Waals surface area contributed by atoms with Crippen LogP contribution in [-0.2, 0) is 12.7 Å². The van der Waals surface area contributed by atoms with E-state index in [1.54, 1.807) is 6.07 Å². The molecule has 5 rings (SSSR count). The molecule has 1 saturated carbocycles. The van der Waals surface area contributed by atoms with E-state index in [4.69, 9.17) is 0 Å². The van der Waals surface area contributed by atoms with Crippen LogP contribution in [0.2, 0.25) is 0 Å². The van der Waals surface area contributed by atoms with Gasteiger partial charge < -0.3 is 15.2 Å². The zero-order valence-corrected chi connectivity index (χ0v) is 16.8. The SMILES string of the molecule is Cc1cccc2c(CNC3CCC4CN(c5cccc(C(F)(F)F)n5)CC43)c[nH]c12. The van der Waals surface area contributed by atoms with Crippen molar-refractivity contribution in [2.75, 3.05) is 18.0 Å². The molecule has 7 heteroatoms. The lowest BCUT2D eigenvalue weighted by Gasteiger charge is -2.23. The summed E-state index contributed by atoms with van der Waals surface area (Å²) in [7, 11) is 0. The van der Waals surface area contributed by atoms with E-state index in [0.29, 0.717) is 23.7 Å². The predicted octanol–water partition coefficient (Wildman–Crippen LogP) is 4.89. The standard InChI is InChI=1S/C23H25F3N4/c1-14-4-2-5-17-16(11-28-22(14)17)10-27-19-9-8-15-12-30(13-18(15)19)21-7-3-6-20(29-21)23(24,25)26/h2-7,11,15,18-19,27-28H,8-10,12-13H2,1H3. The maximum atomic E-state index is 13.0. The molecule has 2 aliphatic rings. The van der Waals surface area contributed by atoms with Gasteiger partial charge in [-0.3, -0.25) is 0 Å². The maximum absolute atomic E-state index is 13.0. The number of benzene rings is 1. The van der Waals surface area contributed by atoms with Crippen LogP contribution < -0.4 is 10.2 Å². The predicted molar refractivity (Wildman–Crippen MR) is 111 cm³/mol. The molecule has 0 bridgehead atoms. The Labute approximate surface area is 173 Å². The Balaban J connectivity index is 1.27. The van der Waals surface area contributed by atoms with Crippen molar-refractivity contribution in [2.45, 2.75) is 38.5 Å². The summed E-state index contributed by atoms with van der Waals surface area (Å²) >= 11 is 0. The average Bonchev–Trinajstić information content (AvgIpc) is 3.41. The summed E-state index contributed by atoms with van der Waals surface area (Å²) in [5.41, 5.74) is 2.86. The monoisotopic (exact) mass is 414 g/mol. The van der Waals surface area contributed by atoms with Gasteiger partial charge in [-0.1, -0.05) is 24.3 Å². The molecule has 158 valence electrons. The summed E-state index contributed by atoms with van der Waals surface area (Å²) in [4.78, 5) is 9.28. The number of nitrogens with zero attached hydrogens (tertiary/aromatic N) is 2. The van der Waals surface area contributed by atoms with Gasteiger partial charge in [0.05, 0.1) is 0 Å². The number of alkyl halides is 3. The van der Waals surface area contributed by atoms with E-state index in [-0.39, 0.29) is 0 Å². The number of hydrogen-bond acceptors (Lipinski definition) is 3. The first-order valence-electron chi connectivity index (χ1n) is 10.5. The van der Waals surface area contributed by atoms with Crippen molar-refractivity contribution in [3.05, 3.63) is 59.4 Å². The first-order chi connectivity index (χ1) is 14.4. The van der Waals surface area contributed by atoms with Crippen molar-refractivity contribution in [3.63, 3.8) is 0 Å². The minimum atomic E-state index is -4.41. The van der Waals surface area contributed by atoms with Gasteiger partial charge >= 0.3 is 6.18 Å². The number of pyridine rings is 1. The highest BCUT2D eigenvalue weighted by molar-refractivity contribution is 5.85. The number of aromatic amines is 1. The van der Waals surface area contributed by atoms with Gasteiger partial charge in [-0.2, -0.15) is 13.2 Å². The van der Waals surface area contributed by atoms with Crippen molar-refractivity contribution >= 4 is 16.7 Å². The van der Waals surface area contributed by atoms with E-state index in [1.165, 1.54) is 28.1 Å². The third-order valence-electron chi connectivity index (χ3n) is 6.77. The van der Waals surface area contributed by atoms with E-state index in [9.17, 15) is 13.2 Å². The highest BCUT2D eigenvalue weighted by atomic mass is 19.4. The zero-order chi connectivity index (χ0) is 20.9. The molecule has 3 atom stereocenters. The number of halogens is 3. The van der Waals surface area contributed by atoms with E-state index in [1.807, 2.05) is 4.90 Å². The van der Waals surface area contributed by atoms with Crippen LogP contribution in [0.15, 0.2) is 42.6 Å². The molecular formula is C23H25F3N4. The fraction of sp³-hybridized carbons (Fsp3) is 0.435. The molecule has 0 radical (unpaired) electrons. The van der Waals surface area contributed by atoms with Crippen LogP contribution in [0.1, 0.15) is 29.7 Å². The number of hydrogen-bond donors (Lipinski definition) is 2. The highest BCUT2D eigenvalue weighted by Gasteiger charge is 2.43. The molecule has 3 unspecified atom stereocenters. The summed E-state index contributed by atoms with van der Waals surface area (Å²) in [6, 6.07) is 10.9. The highest BCUT2D eigenvalue weighted by Crippen LogP contribution is 2.40. The molecule has 1 aliphatic carbocycles. The second kappa shape index (κ2) is 7.30. The maximum Gasteiger partial charge on any atom is 0.433 e. The third kappa shape index (κ3) is 3.45. The van der Waals surface area contributed by atoms with Crippen LogP contribution in [0, 0.1) is 18.8 Å². The van der Waals surface area contributed by atoms with Crippen LogP contribution in [0.5, 0.6) is 0 Å². The Hall–Kier alpha value is -2.54. The molecule has 3 heterocycles. The molecule has 3 aromatic rings. The van der Waals surface area contributed by atoms with Gasteiger partial charge in [0.25, 0.3) is 0 Å². The van der Waals surface area contributed by atoms with Crippen molar-refractivity contribution in [1.29, 1.82) is 0 Å². The summed E-state index contributed by atoms with van der Waals surface area (Å²) < 4.78 is 39.1. The van der Waals surface area contributed by atoms with Gasteiger partial charge in [-0.25, -0.2) is 4.98 Å². The summed E-state index contributed by atoms with van der Waals surface area (Å²) in [5, 5.41) is 4.98. The first-order valence-corrected chi connectivity index (χ1v) is 10.5. The Bertz CT molecular complexity index is 1060. The second-order valence-corrected chi connectivity index (χ2v) is 8.58. The van der Waals surface area contributed by atoms with Crippen LogP contribution in [-0.4, -0.2) is 29.1 Å². The number of H-pyrrole nitrogens is 1. The van der Waals surface area contributed by atoms with E-state index in [2.05, 4.69) is 46.6 Å². The number of para-hydroxylation sites is 1. The Morgan fingerprint density at radius 2 is 1.97 bits per heavy atom. The minimum absolute atomic E-state index is 0.376. The number of nitrogens with one attached hydrogen (secondary N) is 2. The first kappa shape index (κ1) is 19.4. The van der Waals surface area contributed by atoms with Gasteiger partial charge in [0, 0.05) is 42.8 Å². The molecule has 1 aromatic carbocycles. The van der Waals surface area contributed by atoms with Crippen molar-refractivity contribution < 1.29 is 13.2 Å². The van der Waals surface area contributed by atoms with Crippen LogP contribution in [0.4, 0.5) is 19.0 Å². The molecule has 2 aromatic heterocycles. The number of fused-ring (bicyclic) bond motifs is 2. The molecule has 4 nitrogen and oxygen atoms in total. The third-order valence-corrected chi connectivity index (χ3v) is 6.77. The Morgan fingerprint density at radius 1 is 1.13 bits per heavy atom. The van der Waals surface area contributed by atoms with Gasteiger partial charge in [-0.05, 0) is 54.9 Å². The molecular weight excluding hydrogens is 389 g/mol. The lowest BCUT2D eigenvalue weighted by Crippen LogP contribution is -2.35. The Kier molecular flexibility index (Phi) is 4.73. The minimum Gasteiger partial charge on any atom is -0.361 e. The van der Waals surface area contributed by atoms with Crippen LogP contribution in [0.3, 0.4) is 0 Å². The van der Waals surface area contributed by atoms with Gasteiger partial charge in [0.2, 0.25) is 0 Å². The number of aryl methyl sites for hydroxylation is 1. The lowest BCUT2D eigenvalue weighted by molar-refractivity contribution is -0.141.